The zero-order valence-electron chi connectivity index (χ0n) is 14.7. The monoisotopic (exact) mass is 369 g/mol. The SMILES string of the molecule is Cc1csc(N2CCN(C(=O)c3c[nH]c4nc(C)ccc4c3=O)CC2)n1. The number of nitrogens with one attached hydrogen (secondary N) is 1. The molecule has 1 saturated heterocycles. The second-order valence-corrected chi connectivity index (χ2v) is 7.27. The van der Waals surface area contributed by atoms with Crippen molar-refractivity contribution in [3.8, 4) is 0 Å². The lowest BCUT2D eigenvalue weighted by Crippen LogP contribution is -2.49. The summed E-state index contributed by atoms with van der Waals surface area (Å²) in [7, 11) is 0. The molecule has 0 unspecified atom stereocenters. The van der Waals surface area contributed by atoms with E-state index in [1.165, 1.54) is 6.20 Å². The number of amides is 1. The molecule has 3 aromatic heterocycles. The van der Waals surface area contributed by atoms with Gasteiger partial charge in [-0.1, -0.05) is 0 Å². The van der Waals surface area contributed by atoms with E-state index in [0.717, 1.165) is 16.5 Å². The third-order valence-corrected chi connectivity index (χ3v) is 5.57. The van der Waals surface area contributed by atoms with Crippen LogP contribution in [0.25, 0.3) is 11.0 Å². The zero-order valence-corrected chi connectivity index (χ0v) is 15.5. The average molecular weight is 369 g/mol. The van der Waals surface area contributed by atoms with Crippen molar-refractivity contribution < 1.29 is 4.79 Å². The van der Waals surface area contributed by atoms with Crippen LogP contribution in [0.1, 0.15) is 21.7 Å². The van der Waals surface area contributed by atoms with E-state index in [1.807, 2.05) is 19.2 Å². The molecule has 134 valence electrons. The van der Waals surface area contributed by atoms with Gasteiger partial charge in [0, 0.05) is 43.4 Å². The second kappa shape index (κ2) is 6.53. The zero-order chi connectivity index (χ0) is 18.3. The summed E-state index contributed by atoms with van der Waals surface area (Å²) in [6, 6.07) is 3.50. The Kier molecular flexibility index (Phi) is 4.20. The normalized spacial score (nSPS) is 14.8. The number of anilines is 1. The van der Waals surface area contributed by atoms with E-state index in [4.69, 9.17) is 0 Å². The third-order valence-electron chi connectivity index (χ3n) is 4.55. The number of H-pyrrole nitrogens is 1. The molecule has 0 atom stereocenters. The first-order valence-corrected chi connectivity index (χ1v) is 9.36. The summed E-state index contributed by atoms with van der Waals surface area (Å²) in [6.45, 7) is 6.40. The summed E-state index contributed by atoms with van der Waals surface area (Å²) in [4.78, 5) is 41.2. The number of rotatable bonds is 2. The molecule has 1 amide bonds. The van der Waals surface area contributed by atoms with Crippen LogP contribution in [0.5, 0.6) is 0 Å². The molecule has 1 N–H and O–H groups in total. The van der Waals surface area contributed by atoms with Crippen molar-refractivity contribution in [2.75, 3.05) is 31.1 Å². The molecule has 0 spiro atoms. The summed E-state index contributed by atoms with van der Waals surface area (Å²) >= 11 is 1.62. The maximum Gasteiger partial charge on any atom is 0.259 e. The maximum atomic E-state index is 12.8. The smallest absolute Gasteiger partial charge is 0.259 e. The van der Waals surface area contributed by atoms with Crippen LogP contribution in [0.3, 0.4) is 0 Å². The predicted octanol–water partition coefficient (Wildman–Crippen LogP) is 1.96. The summed E-state index contributed by atoms with van der Waals surface area (Å²) in [5.74, 6) is -0.233. The number of aromatic amines is 1. The van der Waals surface area contributed by atoms with E-state index in [-0.39, 0.29) is 16.9 Å². The van der Waals surface area contributed by atoms with Crippen molar-refractivity contribution in [3.05, 3.63) is 50.9 Å². The number of thiazole rings is 1. The number of hydrogen-bond acceptors (Lipinski definition) is 6. The minimum absolute atomic E-state index is 0.168. The van der Waals surface area contributed by atoms with Gasteiger partial charge in [-0.25, -0.2) is 9.97 Å². The van der Waals surface area contributed by atoms with Crippen molar-refractivity contribution in [3.63, 3.8) is 0 Å². The van der Waals surface area contributed by atoms with Crippen molar-refractivity contribution in [2.24, 2.45) is 0 Å². The van der Waals surface area contributed by atoms with Crippen LogP contribution >= 0.6 is 11.3 Å². The van der Waals surface area contributed by atoms with Crippen LogP contribution in [-0.2, 0) is 0 Å². The van der Waals surface area contributed by atoms with Gasteiger partial charge in [-0.05, 0) is 26.0 Å². The highest BCUT2D eigenvalue weighted by atomic mass is 32.1. The van der Waals surface area contributed by atoms with Gasteiger partial charge >= 0.3 is 0 Å². The molecule has 7 nitrogen and oxygen atoms in total. The van der Waals surface area contributed by atoms with Gasteiger partial charge in [0.1, 0.15) is 11.2 Å². The third kappa shape index (κ3) is 2.96. The van der Waals surface area contributed by atoms with E-state index in [9.17, 15) is 9.59 Å². The van der Waals surface area contributed by atoms with Gasteiger partial charge in [0.25, 0.3) is 5.91 Å². The highest BCUT2D eigenvalue weighted by Crippen LogP contribution is 2.21. The molecule has 4 heterocycles. The minimum Gasteiger partial charge on any atom is -0.345 e. The summed E-state index contributed by atoms with van der Waals surface area (Å²) < 4.78 is 0. The number of aromatic nitrogens is 3. The van der Waals surface area contributed by atoms with Crippen LogP contribution in [0.15, 0.2) is 28.5 Å². The number of nitrogens with zero attached hydrogens (tertiary/aromatic N) is 4. The van der Waals surface area contributed by atoms with Crippen LogP contribution < -0.4 is 10.3 Å². The number of hydrogen-bond donors (Lipinski definition) is 1. The molecule has 0 aromatic carbocycles. The van der Waals surface area contributed by atoms with Crippen molar-refractivity contribution >= 4 is 33.4 Å². The van der Waals surface area contributed by atoms with Crippen LogP contribution in [-0.4, -0.2) is 51.9 Å². The molecule has 4 rings (SSSR count). The fraction of sp³-hybridized carbons (Fsp3) is 0.333. The first-order valence-electron chi connectivity index (χ1n) is 8.48. The number of aryl methyl sites for hydroxylation is 2. The number of piperazine rings is 1. The van der Waals surface area contributed by atoms with Gasteiger partial charge in [0.15, 0.2) is 5.13 Å². The molecule has 8 heteroatoms. The number of pyridine rings is 2. The van der Waals surface area contributed by atoms with E-state index in [1.54, 1.807) is 28.4 Å². The van der Waals surface area contributed by atoms with Crippen molar-refractivity contribution in [1.29, 1.82) is 0 Å². The molecule has 0 radical (unpaired) electrons. The molecule has 0 saturated carbocycles. The van der Waals surface area contributed by atoms with Crippen molar-refractivity contribution in [2.45, 2.75) is 13.8 Å². The topological polar surface area (TPSA) is 82.2 Å². The van der Waals surface area contributed by atoms with Crippen LogP contribution in [0.4, 0.5) is 5.13 Å². The largest absolute Gasteiger partial charge is 0.345 e. The lowest BCUT2D eigenvalue weighted by Gasteiger charge is -2.34. The lowest BCUT2D eigenvalue weighted by atomic mass is 10.1. The van der Waals surface area contributed by atoms with Gasteiger partial charge in [-0.3, -0.25) is 9.59 Å². The molecule has 26 heavy (non-hydrogen) atoms. The Morgan fingerprint density at radius 2 is 1.88 bits per heavy atom. The fourth-order valence-corrected chi connectivity index (χ4v) is 3.97. The van der Waals surface area contributed by atoms with Crippen LogP contribution in [0.2, 0.25) is 0 Å². The first-order chi connectivity index (χ1) is 12.5. The number of carbonyl (C=O) groups excluding carboxylic acids is 1. The first kappa shape index (κ1) is 16.7. The Bertz CT molecular complexity index is 1030. The van der Waals surface area contributed by atoms with Gasteiger partial charge in [0.2, 0.25) is 5.43 Å². The summed E-state index contributed by atoms with van der Waals surface area (Å²) in [5, 5.41) is 3.45. The maximum absolute atomic E-state index is 12.8. The van der Waals surface area contributed by atoms with Crippen molar-refractivity contribution in [1.82, 2.24) is 19.9 Å². The highest BCUT2D eigenvalue weighted by molar-refractivity contribution is 7.13. The molecule has 1 fully saturated rings. The Labute approximate surface area is 154 Å². The quantitative estimate of drug-likeness (QED) is 0.747. The van der Waals surface area contributed by atoms with E-state index < -0.39 is 0 Å². The Morgan fingerprint density at radius 3 is 2.58 bits per heavy atom. The number of fused-ring (bicyclic) bond motifs is 1. The standard InChI is InChI=1S/C18H19N5O2S/c1-11-3-4-13-15(24)14(9-19-16(13)20-11)17(25)22-5-7-23(8-6-22)18-21-12(2)10-26-18/h3-4,9-10H,5-8H2,1-2H3,(H,19,20,24). The predicted molar refractivity (Wildman–Crippen MR) is 102 cm³/mol. The molecule has 1 aliphatic heterocycles. The van der Waals surface area contributed by atoms with Gasteiger partial charge < -0.3 is 14.8 Å². The molecule has 3 aromatic rings. The Morgan fingerprint density at radius 1 is 1.12 bits per heavy atom. The summed E-state index contributed by atoms with van der Waals surface area (Å²) in [6.07, 6.45) is 1.48. The summed E-state index contributed by atoms with van der Waals surface area (Å²) in [5.41, 5.74) is 2.24. The van der Waals surface area contributed by atoms with Crippen LogP contribution in [0, 0.1) is 13.8 Å². The van der Waals surface area contributed by atoms with E-state index >= 15 is 0 Å². The highest BCUT2D eigenvalue weighted by Gasteiger charge is 2.25. The average Bonchev–Trinajstić information content (AvgIpc) is 3.08. The minimum atomic E-state index is -0.269. The fourth-order valence-electron chi connectivity index (χ4n) is 3.12. The Hall–Kier alpha value is -2.74. The van der Waals surface area contributed by atoms with Gasteiger partial charge in [-0.2, -0.15) is 0 Å². The van der Waals surface area contributed by atoms with Gasteiger partial charge in [0.05, 0.1) is 11.1 Å². The lowest BCUT2D eigenvalue weighted by molar-refractivity contribution is 0.0745. The number of carbonyl (C=O) groups is 1. The second-order valence-electron chi connectivity index (χ2n) is 6.43. The molecular weight excluding hydrogens is 350 g/mol. The van der Waals surface area contributed by atoms with E-state index in [0.29, 0.717) is 37.2 Å². The van der Waals surface area contributed by atoms with Gasteiger partial charge in [-0.15, -0.1) is 11.3 Å². The molecule has 1 aliphatic rings. The molecule has 0 aliphatic carbocycles. The molecule has 0 bridgehead atoms. The Balaban J connectivity index is 1.53. The van der Waals surface area contributed by atoms with E-state index in [2.05, 4.69) is 19.9 Å². The molecular formula is C18H19N5O2S.